The second kappa shape index (κ2) is 11.6. The summed E-state index contributed by atoms with van der Waals surface area (Å²) < 4.78 is 18.2. The number of ether oxygens (including phenoxy) is 1. The highest BCUT2D eigenvalue weighted by Crippen LogP contribution is 2.16. The number of hydrogen-bond donors (Lipinski definition) is 2. The molecule has 0 spiro atoms. The van der Waals surface area contributed by atoms with Crippen molar-refractivity contribution in [2.45, 2.75) is 32.1 Å². The number of pyridine rings is 1. The zero-order chi connectivity index (χ0) is 21.9. The normalized spacial score (nSPS) is 10.4. The Hall–Kier alpha value is -3.30. The van der Waals surface area contributed by atoms with Gasteiger partial charge in [-0.2, -0.15) is 4.39 Å². The summed E-state index contributed by atoms with van der Waals surface area (Å²) in [5.41, 5.74) is 0.209. The predicted octanol–water partition coefficient (Wildman–Crippen LogP) is 2.86. The first kappa shape index (κ1) is 23.0. The fourth-order valence-electron chi connectivity index (χ4n) is 2.62. The maximum Gasteiger partial charge on any atom is 0.305 e. The van der Waals surface area contributed by atoms with E-state index in [2.05, 4.69) is 30.6 Å². The Kier molecular flexibility index (Phi) is 8.92. The van der Waals surface area contributed by atoms with E-state index in [9.17, 15) is 14.0 Å². The van der Waals surface area contributed by atoms with Crippen molar-refractivity contribution in [2.24, 2.45) is 0 Å². The third-order valence-electron chi connectivity index (χ3n) is 4.28. The molecule has 9 nitrogen and oxygen atoms in total. The number of anilines is 3. The fraction of sp³-hybridized carbons (Fsp3) is 0.450. The van der Waals surface area contributed by atoms with Crippen LogP contribution in [-0.4, -0.2) is 54.8 Å². The van der Waals surface area contributed by atoms with E-state index in [0.717, 1.165) is 31.7 Å². The first-order valence-electron chi connectivity index (χ1n) is 9.70. The Balaban J connectivity index is 1.89. The lowest BCUT2D eigenvalue weighted by Crippen LogP contribution is -2.18. The van der Waals surface area contributed by atoms with Gasteiger partial charge in [-0.1, -0.05) is 12.8 Å². The van der Waals surface area contributed by atoms with E-state index >= 15 is 0 Å². The van der Waals surface area contributed by atoms with Crippen LogP contribution in [0.15, 0.2) is 24.3 Å². The van der Waals surface area contributed by atoms with Gasteiger partial charge in [-0.25, -0.2) is 4.98 Å². The minimum Gasteiger partial charge on any atom is -0.469 e. The molecule has 0 radical (unpaired) electrons. The summed E-state index contributed by atoms with van der Waals surface area (Å²) in [7, 11) is 5.05. The van der Waals surface area contributed by atoms with Gasteiger partial charge in [0, 0.05) is 27.1 Å². The van der Waals surface area contributed by atoms with E-state index in [1.54, 1.807) is 17.0 Å². The lowest BCUT2D eigenvalue weighted by Gasteiger charge is -2.12. The molecule has 10 heteroatoms. The van der Waals surface area contributed by atoms with E-state index in [1.165, 1.54) is 13.2 Å². The number of hydrogen-bond acceptors (Lipinski definition) is 8. The van der Waals surface area contributed by atoms with E-state index < -0.39 is 11.9 Å². The predicted molar refractivity (Wildman–Crippen MR) is 112 cm³/mol. The monoisotopic (exact) mass is 418 g/mol. The number of nitrogens with one attached hydrogen (secondary N) is 2. The molecule has 30 heavy (non-hydrogen) atoms. The minimum absolute atomic E-state index is 0.167. The zero-order valence-corrected chi connectivity index (χ0v) is 17.4. The van der Waals surface area contributed by atoms with Crippen molar-refractivity contribution < 1.29 is 18.7 Å². The van der Waals surface area contributed by atoms with Crippen LogP contribution >= 0.6 is 0 Å². The summed E-state index contributed by atoms with van der Waals surface area (Å²) in [5.74, 6) is -0.247. The molecular formula is C20H27FN6O3. The summed E-state index contributed by atoms with van der Waals surface area (Å²) in [6.45, 7) is 0.520. The summed E-state index contributed by atoms with van der Waals surface area (Å²) >= 11 is 0. The van der Waals surface area contributed by atoms with Gasteiger partial charge in [-0.05, 0) is 37.1 Å². The van der Waals surface area contributed by atoms with Crippen LogP contribution in [0.3, 0.4) is 0 Å². The van der Waals surface area contributed by atoms with Crippen LogP contribution in [0.25, 0.3) is 0 Å². The summed E-state index contributed by atoms with van der Waals surface area (Å²) in [6, 6.07) is 5.87. The van der Waals surface area contributed by atoms with Gasteiger partial charge >= 0.3 is 5.97 Å². The average Bonchev–Trinajstić information content (AvgIpc) is 2.73. The molecule has 2 aromatic rings. The van der Waals surface area contributed by atoms with E-state index in [-0.39, 0.29) is 23.2 Å². The number of amides is 1. The van der Waals surface area contributed by atoms with Gasteiger partial charge in [0.2, 0.25) is 5.95 Å². The van der Waals surface area contributed by atoms with E-state index in [0.29, 0.717) is 18.8 Å². The Morgan fingerprint density at radius 2 is 1.83 bits per heavy atom. The van der Waals surface area contributed by atoms with Crippen molar-refractivity contribution in [2.75, 3.05) is 43.3 Å². The van der Waals surface area contributed by atoms with Crippen LogP contribution in [-0.2, 0) is 9.53 Å². The van der Waals surface area contributed by atoms with Crippen molar-refractivity contribution in [3.05, 3.63) is 35.8 Å². The molecule has 0 aliphatic rings. The van der Waals surface area contributed by atoms with Crippen LogP contribution in [0, 0.1) is 5.95 Å². The summed E-state index contributed by atoms with van der Waals surface area (Å²) in [4.78, 5) is 29.3. The maximum absolute atomic E-state index is 13.6. The number of aromatic nitrogens is 3. The van der Waals surface area contributed by atoms with Crippen LogP contribution in [0.4, 0.5) is 21.8 Å². The van der Waals surface area contributed by atoms with Crippen molar-refractivity contribution in [1.82, 2.24) is 15.2 Å². The molecule has 1 amide bonds. The van der Waals surface area contributed by atoms with Gasteiger partial charge in [-0.3, -0.25) is 9.59 Å². The van der Waals surface area contributed by atoms with Crippen LogP contribution in [0.2, 0.25) is 0 Å². The Morgan fingerprint density at radius 1 is 1.07 bits per heavy atom. The number of halogens is 1. The van der Waals surface area contributed by atoms with Gasteiger partial charge in [0.1, 0.15) is 5.82 Å². The maximum atomic E-state index is 13.6. The largest absolute Gasteiger partial charge is 0.469 e. The molecule has 0 aliphatic carbocycles. The Bertz CT molecular complexity index is 845. The number of unbranched alkanes of at least 4 members (excludes halogenated alkanes) is 3. The van der Waals surface area contributed by atoms with Crippen molar-refractivity contribution in [3.8, 4) is 0 Å². The average molecular weight is 418 g/mol. The molecule has 162 valence electrons. The standard InChI is InChI=1S/C20H27FN6O3/c1-27(2)17-12-11-16(25-26-17)24-20(29)14-9-10-15(21)23-19(14)22-13-7-5-4-6-8-18(28)30-3/h9-12H,4-8,13H2,1-3H3,(H,22,23)(H,24,25,29). The number of esters is 1. The van der Waals surface area contributed by atoms with Gasteiger partial charge in [0.15, 0.2) is 11.6 Å². The summed E-state index contributed by atoms with van der Waals surface area (Å²) in [5, 5.41) is 13.6. The molecule has 0 aromatic carbocycles. The third-order valence-corrected chi connectivity index (χ3v) is 4.28. The molecular weight excluding hydrogens is 391 g/mol. The highest BCUT2D eigenvalue weighted by atomic mass is 19.1. The number of rotatable bonds is 11. The fourth-order valence-corrected chi connectivity index (χ4v) is 2.62. The first-order chi connectivity index (χ1) is 14.4. The lowest BCUT2D eigenvalue weighted by atomic mass is 10.1. The molecule has 0 unspecified atom stereocenters. The van der Waals surface area contributed by atoms with Gasteiger partial charge < -0.3 is 20.3 Å². The number of carbonyl (C=O) groups is 2. The quantitative estimate of drug-likeness (QED) is 0.326. The zero-order valence-electron chi connectivity index (χ0n) is 17.4. The molecule has 2 heterocycles. The molecule has 0 saturated carbocycles. The van der Waals surface area contributed by atoms with Crippen LogP contribution in [0.5, 0.6) is 0 Å². The first-order valence-corrected chi connectivity index (χ1v) is 9.70. The van der Waals surface area contributed by atoms with Crippen molar-refractivity contribution in [1.29, 1.82) is 0 Å². The van der Waals surface area contributed by atoms with Crippen LogP contribution in [0.1, 0.15) is 42.5 Å². The molecule has 0 saturated heterocycles. The molecule has 2 rings (SSSR count). The highest BCUT2D eigenvalue weighted by Gasteiger charge is 2.15. The Morgan fingerprint density at radius 3 is 2.50 bits per heavy atom. The minimum atomic E-state index is -0.678. The second-order valence-corrected chi connectivity index (χ2v) is 6.82. The second-order valence-electron chi connectivity index (χ2n) is 6.82. The molecule has 2 N–H and O–H groups in total. The SMILES string of the molecule is COC(=O)CCCCCCNc1nc(F)ccc1C(=O)Nc1ccc(N(C)C)nn1. The highest BCUT2D eigenvalue weighted by molar-refractivity contribution is 6.07. The molecule has 0 bridgehead atoms. The molecule has 0 aliphatic heterocycles. The third kappa shape index (κ3) is 7.26. The molecule has 0 fully saturated rings. The topological polar surface area (TPSA) is 109 Å². The van der Waals surface area contributed by atoms with Crippen LogP contribution < -0.4 is 15.5 Å². The van der Waals surface area contributed by atoms with E-state index in [1.807, 2.05) is 14.1 Å². The Labute approximate surface area is 175 Å². The lowest BCUT2D eigenvalue weighted by molar-refractivity contribution is -0.140. The van der Waals surface area contributed by atoms with Crippen molar-refractivity contribution >= 4 is 29.3 Å². The van der Waals surface area contributed by atoms with Gasteiger partial charge in [0.25, 0.3) is 5.91 Å². The molecule has 0 atom stereocenters. The number of carbonyl (C=O) groups excluding carboxylic acids is 2. The van der Waals surface area contributed by atoms with Gasteiger partial charge in [0.05, 0.1) is 12.7 Å². The van der Waals surface area contributed by atoms with Gasteiger partial charge in [-0.15, -0.1) is 10.2 Å². The summed E-state index contributed by atoms with van der Waals surface area (Å²) in [6.07, 6.45) is 3.71. The number of methoxy groups -OCH3 is 1. The number of nitrogens with zero attached hydrogens (tertiary/aromatic N) is 4. The van der Waals surface area contributed by atoms with Crippen molar-refractivity contribution in [3.63, 3.8) is 0 Å². The smallest absolute Gasteiger partial charge is 0.305 e. The van der Waals surface area contributed by atoms with E-state index in [4.69, 9.17) is 0 Å². The molecule has 2 aromatic heterocycles.